The second-order valence-electron chi connectivity index (χ2n) is 8.19. The van der Waals surface area contributed by atoms with E-state index in [1.807, 2.05) is 45.0 Å². The van der Waals surface area contributed by atoms with Crippen molar-refractivity contribution in [1.29, 1.82) is 0 Å². The van der Waals surface area contributed by atoms with E-state index in [0.717, 1.165) is 36.8 Å². The molecule has 0 bridgehead atoms. The molecule has 1 aromatic carbocycles. The summed E-state index contributed by atoms with van der Waals surface area (Å²) < 4.78 is 10.6. The van der Waals surface area contributed by atoms with Crippen LogP contribution in [0.25, 0.3) is 0 Å². The van der Waals surface area contributed by atoms with Gasteiger partial charge in [0.15, 0.2) is 0 Å². The summed E-state index contributed by atoms with van der Waals surface area (Å²) in [5, 5.41) is 9.33. The molecule has 0 unspecified atom stereocenters. The van der Waals surface area contributed by atoms with Gasteiger partial charge >= 0.3 is 17.9 Å². The normalized spacial score (nSPS) is 11.2. The fourth-order valence-corrected chi connectivity index (χ4v) is 3.55. The molecule has 0 saturated heterocycles. The molecule has 31 heavy (non-hydrogen) atoms. The van der Waals surface area contributed by atoms with E-state index in [9.17, 15) is 19.5 Å². The maximum absolute atomic E-state index is 12.3. The van der Waals surface area contributed by atoms with Gasteiger partial charge in [0.25, 0.3) is 0 Å². The Morgan fingerprint density at radius 2 is 1.26 bits per heavy atom. The van der Waals surface area contributed by atoms with Crippen LogP contribution in [0.2, 0.25) is 0 Å². The summed E-state index contributed by atoms with van der Waals surface area (Å²) in [6, 6.07) is 7.90. The lowest BCUT2D eigenvalue weighted by molar-refractivity contribution is -0.144. The molecule has 0 heterocycles. The number of carbonyl (C=O) groups is 3. The van der Waals surface area contributed by atoms with Crippen molar-refractivity contribution in [2.45, 2.75) is 90.4 Å². The third kappa shape index (κ3) is 10.5. The highest BCUT2D eigenvalue weighted by Gasteiger charge is 2.34. The fourth-order valence-electron chi connectivity index (χ4n) is 3.55. The van der Waals surface area contributed by atoms with E-state index >= 15 is 0 Å². The monoisotopic (exact) mass is 434 g/mol. The van der Waals surface area contributed by atoms with E-state index < -0.39 is 11.4 Å². The molecular formula is C25H38O6. The molecule has 0 aliphatic carbocycles. The van der Waals surface area contributed by atoms with Crippen molar-refractivity contribution in [1.82, 2.24) is 0 Å². The molecule has 0 radical (unpaired) electrons. The Morgan fingerprint density at radius 3 is 1.68 bits per heavy atom. The number of unbranched alkanes of at least 4 members (excludes halogenated alkanes) is 2. The SMILES string of the molecule is CCCCOC(=O)CCC(CCC(=O)O)(CCC(=O)OCCCC)c1ccc(C)cc1. The number of aliphatic carboxylic acids is 1. The van der Waals surface area contributed by atoms with Gasteiger partial charge in [0, 0.05) is 19.3 Å². The summed E-state index contributed by atoms with van der Waals surface area (Å²) in [6.45, 7) is 6.83. The lowest BCUT2D eigenvalue weighted by Gasteiger charge is -2.34. The van der Waals surface area contributed by atoms with Crippen LogP contribution in [0.3, 0.4) is 0 Å². The Kier molecular flexibility index (Phi) is 12.6. The van der Waals surface area contributed by atoms with Gasteiger partial charge < -0.3 is 14.6 Å². The minimum Gasteiger partial charge on any atom is -0.481 e. The quantitative estimate of drug-likeness (QED) is 0.279. The summed E-state index contributed by atoms with van der Waals surface area (Å²) in [6.07, 6.45) is 5.05. The Balaban J connectivity index is 3.02. The molecule has 0 aliphatic rings. The van der Waals surface area contributed by atoms with Gasteiger partial charge in [0.1, 0.15) is 0 Å². The smallest absolute Gasteiger partial charge is 0.305 e. The van der Waals surface area contributed by atoms with Crippen molar-refractivity contribution in [2.24, 2.45) is 0 Å². The third-order valence-corrected chi connectivity index (χ3v) is 5.62. The molecule has 0 aromatic heterocycles. The first-order valence-corrected chi connectivity index (χ1v) is 11.4. The lowest BCUT2D eigenvalue weighted by atomic mass is 9.70. The van der Waals surface area contributed by atoms with E-state index in [1.54, 1.807) is 0 Å². The second-order valence-corrected chi connectivity index (χ2v) is 8.19. The number of ether oxygens (including phenoxy) is 2. The number of benzene rings is 1. The zero-order valence-corrected chi connectivity index (χ0v) is 19.3. The van der Waals surface area contributed by atoms with Gasteiger partial charge in [0.2, 0.25) is 0 Å². The van der Waals surface area contributed by atoms with Crippen LogP contribution >= 0.6 is 0 Å². The second kappa shape index (κ2) is 14.6. The van der Waals surface area contributed by atoms with E-state index in [2.05, 4.69) is 0 Å². The van der Waals surface area contributed by atoms with E-state index in [4.69, 9.17) is 9.47 Å². The molecule has 0 aliphatic heterocycles. The van der Waals surface area contributed by atoms with Gasteiger partial charge in [-0.15, -0.1) is 0 Å². The molecule has 1 aromatic rings. The van der Waals surface area contributed by atoms with Crippen LogP contribution in [0.1, 0.15) is 89.2 Å². The molecule has 174 valence electrons. The molecule has 0 amide bonds. The lowest BCUT2D eigenvalue weighted by Crippen LogP contribution is -2.30. The average Bonchev–Trinajstić information content (AvgIpc) is 2.74. The summed E-state index contributed by atoms with van der Waals surface area (Å²) >= 11 is 0. The van der Waals surface area contributed by atoms with Crippen LogP contribution in [0.4, 0.5) is 0 Å². The van der Waals surface area contributed by atoms with Crippen LogP contribution in [-0.2, 0) is 29.3 Å². The van der Waals surface area contributed by atoms with Crippen LogP contribution in [0, 0.1) is 6.92 Å². The Morgan fingerprint density at radius 1 is 0.806 bits per heavy atom. The summed E-state index contributed by atoms with van der Waals surface area (Å²) in [5.74, 6) is -1.47. The standard InChI is InChI=1S/C25H38O6/c1-4-6-18-30-23(28)13-16-25(15-12-22(26)27,21-10-8-20(3)9-11-21)17-14-24(29)31-19-7-5-2/h8-11H,4-7,12-19H2,1-3H3,(H,26,27). The molecule has 0 atom stereocenters. The zero-order valence-electron chi connectivity index (χ0n) is 19.3. The largest absolute Gasteiger partial charge is 0.481 e. The fraction of sp³-hybridized carbons (Fsp3) is 0.640. The third-order valence-electron chi connectivity index (χ3n) is 5.62. The summed E-state index contributed by atoms with van der Waals surface area (Å²) in [5.41, 5.74) is 1.43. The number of esters is 2. The molecule has 0 fully saturated rings. The van der Waals surface area contributed by atoms with Crippen molar-refractivity contribution in [2.75, 3.05) is 13.2 Å². The highest BCUT2D eigenvalue weighted by Crippen LogP contribution is 2.39. The summed E-state index contributed by atoms with van der Waals surface area (Å²) in [7, 11) is 0. The van der Waals surface area contributed by atoms with E-state index in [0.29, 0.717) is 32.5 Å². The molecule has 1 N–H and O–H groups in total. The number of carbonyl (C=O) groups excluding carboxylic acids is 2. The zero-order chi connectivity index (χ0) is 23.1. The highest BCUT2D eigenvalue weighted by atomic mass is 16.5. The number of hydrogen-bond donors (Lipinski definition) is 1. The van der Waals surface area contributed by atoms with Crippen molar-refractivity contribution in [3.05, 3.63) is 35.4 Å². The van der Waals surface area contributed by atoms with Crippen LogP contribution in [0.15, 0.2) is 24.3 Å². The Hall–Kier alpha value is -2.37. The van der Waals surface area contributed by atoms with E-state index in [1.165, 1.54) is 0 Å². The van der Waals surface area contributed by atoms with Gasteiger partial charge in [-0.25, -0.2) is 0 Å². The van der Waals surface area contributed by atoms with E-state index in [-0.39, 0.29) is 31.2 Å². The van der Waals surface area contributed by atoms with Crippen LogP contribution in [0.5, 0.6) is 0 Å². The van der Waals surface area contributed by atoms with Crippen molar-refractivity contribution in [3.63, 3.8) is 0 Å². The van der Waals surface area contributed by atoms with Gasteiger partial charge in [0.05, 0.1) is 13.2 Å². The summed E-state index contributed by atoms with van der Waals surface area (Å²) in [4.78, 5) is 35.9. The van der Waals surface area contributed by atoms with Gasteiger partial charge in [-0.1, -0.05) is 56.5 Å². The Labute approximate surface area is 186 Å². The van der Waals surface area contributed by atoms with Crippen molar-refractivity contribution in [3.8, 4) is 0 Å². The van der Waals surface area contributed by atoms with Crippen molar-refractivity contribution < 1.29 is 29.0 Å². The number of hydrogen-bond acceptors (Lipinski definition) is 5. The molecule has 6 nitrogen and oxygen atoms in total. The maximum Gasteiger partial charge on any atom is 0.305 e. The molecule has 0 spiro atoms. The van der Waals surface area contributed by atoms with Crippen molar-refractivity contribution >= 4 is 17.9 Å². The topological polar surface area (TPSA) is 89.9 Å². The molecule has 6 heteroatoms. The maximum atomic E-state index is 12.3. The number of carboxylic acid groups (broad SMARTS) is 1. The molecule has 0 saturated carbocycles. The predicted molar refractivity (Wildman–Crippen MR) is 120 cm³/mol. The minimum atomic E-state index is -0.896. The predicted octanol–water partition coefficient (Wildman–Crippen LogP) is 5.34. The number of aryl methyl sites for hydroxylation is 1. The van der Waals surface area contributed by atoms with Gasteiger partial charge in [-0.2, -0.15) is 0 Å². The molecular weight excluding hydrogens is 396 g/mol. The highest BCUT2D eigenvalue weighted by molar-refractivity contribution is 5.71. The minimum absolute atomic E-state index is 0.0381. The molecule has 1 rings (SSSR count). The first kappa shape index (κ1) is 26.7. The van der Waals surface area contributed by atoms with Crippen LogP contribution in [-0.4, -0.2) is 36.2 Å². The average molecular weight is 435 g/mol. The van der Waals surface area contributed by atoms with Gasteiger partial charge in [-0.3, -0.25) is 14.4 Å². The first-order chi connectivity index (χ1) is 14.8. The first-order valence-electron chi connectivity index (χ1n) is 11.4. The number of carboxylic acids is 1. The van der Waals surface area contributed by atoms with Gasteiger partial charge in [-0.05, 0) is 50.0 Å². The van der Waals surface area contributed by atoms with Crippen LogP contribution < -0.4 is 0 Å². The number of rotatable bonds is 16. The Bertz CT molecular complexity index is 654.